The number of hydrogen-bond donors (Lipinski definition) is 4. The monoisotopic (exact) mass is 407 g/mol. The first kappa shape index (κ1) is 21.8. The molecule has 0 aliphatic heterocycles. The summed E-state index contributed by atoms with van der Waals surface area (Å²) < 4.78 is 0. The number of benzene rings is 2. The first-order valence-electron chi connectivity index (χ1n) is 8.58. The Morgan fingerprint density at radius 2 is 1.60 bits per heavy atom. The molecule has 0 amide bonds. The van der Waals surface area contributed by atoms with Crippen LogP contribution < -0.4 is 0 Å². The van der Waals surface area contributed by atoms with E-state index in [1.54, 1.807) is 6.20 Å². The highest BCUT2D eigenvalue weighted by Crippen LogP contribution is 2.18. The normalized spacial score (nSPS) is 10.8. The topological polar surface area (TPSA) is 164 Å². The van der Waals surface area contributed by atoms with Crippen molar-refractivity contribution in [2.75, 3.05) is 0 Å². The molecule has 4 N–H and O–H groups in total. The van der Waals surface area contributed by atoms with E-state index in [0.29, 0.717) is 0 Å². The molecular weight excluding hydrogens is 390 g/mol. The number of H-pyrrole nitrogens is 1. The van der Waals surface area contributed by atoms with Crippen LogP contribution in [-0.4, -0.2) is 43.2 Å². The summed E-state index contributed by atoms with van der Waals surface area (Å²) in [7, 11) is 0. The van der Waals surface area contributed by atoms with E-state index >= 15 is 0 Å². The standard InChI is InChI=1S/C12H11N3.C9H6O6/c1-9(7-13)11-8-14-12(15-11)10-5-3-2-4-6-10;10-7(11)4-1-2-5(8(12)13)6(3-4)9(14)15/h2-6,8-9H,1H3,(H,14,15);1-3H,(H,10,11)(H,12,13)(H,14,15). The number of imidazole rings is 1. The first-order chi connectivity index (χ1) is 14.2. The molecule has 30 heavy (non-hydrogen) atoms. The molecule has 2 aromatic carbocycles. The number of aromatic amines is 1. The zero-order valence-corrected chi connectivity index (χ0v) is 15.7. The summed E-state index contributed by atoms with van der Waals surface area (Å²) in [5.41, 5.74) is 0.651. The highest BCUT2D eigenvalue weighted by Gasteiger charge is 2.18. The van der Waals surface area contributed by atoms with E-state index in [9.17, 15) is 14.4 Å². The second-order valence-electron chi connectivity index (χ2n) is 6.08. The van der Waals surface area contributed by atoms with Crippen LogP contribution in [0, 0.1) is 11.3 Å². The van der Waals surface area contributed by atoms with E-state index in [0.717, 1.165) is 35.3 Å². The lowest BCUT2D eigenvalue weighted by Gasteiger charge is -2.02. The van der Waals surface area contributed by atoms with Gasteiger partial charge in [0.25, 0.3) is 0 Å². The zero-order valence-electron chi connectivity index (χ0n) is 15.7. The van der Waals surface area contributed by atoms with Crippen LogP contribution in [0.15, 0.2) is 54.7 Å². The number of carboxylic acids is 3. The smallest absolute Gasteiger partial charge is 0.336 e. The predicted octanol–water partition coefficient (Wildman–Crippen LogP) is 3.48. The number of carbonyl (C=O) groups is 3. The van der Waals surface area contributed by atoms with E-state index in [2.05, 4.69) is 16.0 Å². The van der Waals surface area contributed by atoms with Crippen LogP contribution in [0.3, 0.4) is 0 Å². The third-order valence-electron chi connectivity index (χ3n) is 4.03. The van der Waals surface area contributed by atoms with Crippen LogP contribution in [-0.2, 0) is 0 Å². The summed E-state index contributed by atoms with van der Waals surface area (Å²) in [6, 6.07) is 14.8. The van der Waals surface area contributed by atoms with Gasteiger partial charge in [0.1, 0.15) is 5.82 Å². The van der Waals surface area contributed by atoms with Crippen LogP contribution >= 0.6 is 0 Å². The minimum atomic E-state index is -1.48. The second kappa shape index (κ2) is 9.66. The van der Waals surface area contributed by atoms with Crippen LogP contribution in [0.1, 0.15) is 49.6 Å². The number of nitrogens with one attached hydrogen (secondary N) is 1. The van der Waals surface area contributed by atoms with Gasteiger partial charge in [-0.25, -0.2) is 19.4 Å². The number of nitrogens with zero attached hydrogens (tertiary/aromatic N) is 2. The molecule has 0 saturated carbocycles. The molecule has 1 unspecified atom stereocenters. The molecule has 0 saturated heterocycles. The molecule has 0 bridgehead atoms. The van der Waals surface area contributed by atoms with Gasteiger partial charge in [-0.15, -0.1) is 0 Å². The van der Waals surface area contributed by atoms with Gasteiger partial charge >= 0.3 is 17.9 Å². The SMILES string of the molecule is CC(C#N)c1cnc(-c2ccccc2)[nH]1.O=C(O)c1ccc(C(=O)O)c(C(=O)O)c1. The molecule has 0 fully saturated rings. The van der Waals surface area contributed by atoms with Gasteiger partial charge in [-0.3, -0.25) is 0 Å². The van der Waals surface area contributed by atoms with Gasteiger partial charge in [-0.2, -0.15) is 5.26 Å². The highest BCUT2D eigenvalue weighted by molar-refractivity contribution is 6.03. The molecule has 1 heterocycles. The van der Waals surface area contributed by atoms with E-state index in [-0.39, 0.29) is 11.5 Å². The third-order valence-corrected chi connectivity index (χ3v) is 4.03. The third kappa shape index (κ3) is 5.30. The molecule has 1 atom stereocenters. The summed E-state index contributed by atoms with van der Waals surface area (Å²) in [6.07, 6.45) is 1.72. The Balaban J connectivity index is 0.000000214. The van der Waals surface area contributed by atoms with Crippen molar-refractivity contribution in [1.82, 2.24) is 9.97 Å². The van der Waals surface area contributed by atoms with E-state index in [1.807, 2.05) is 37.3 Å². The van der Waals surface area contributed by atoms with Crippen LogP contribution in [0.25, 0.3) is 11.4 Å². The molecule has 152 valence electrons. The fourth-order valence-corrected chi connectivity index (χ4v) is 2.41. The molecule has 9 heteroatoms. The molecule has 9 nitrogen and oxygen atoms in total. The number of aromatic carboxylic acids is 3. The van der Waals surface area contributed by atoms with Gasteiger partial charge in [0.15, 0.2) is 0 Å². The summed E-state index contributed by atoms with van der Waals surface area (Å²) in [5.74, 6) is -3.53. The number of rotatable bonds is 5. The van der Waals surface area contributed by atoms with Crippen molar-refractivity contribution in [3.63, 3.8) is 0 Å². The fraction of sp³-hybridized carbons (Fsp3) is 0.0952. The van der Waals surface area contributed by atoms with Gasteiger partial charge in [0, 0.05) is 11.8 Å². The number of aromatic nitrogens is 2. The van der Waals surface area contributed by atoms with Crippen molar-refractivity contribution in [2.45, 2.75) is 12.8 Å². The van der Waals surface area contributed by atoms with Gasteiger partial charge in [-0.05, 0) is 25.1 Å². The second-order valence-corrected chi connectivity index (χ2v) is 6.08. The Morgan fingerprint density at radius 3 is 2.13 bits per heavy atom. The van der Waals surface area contributed by atoms with Crippen LogP contribution in [0.5, 0.6) is 0 Å². The van der Waals surface area contributed by atoms with Gasteiger partial charge in [0.2, 0.25) is 0 Å². The predicted molar refractivity (Wildman–Crippen MR) is 105 cm³/mol. The van der Waals surface area contributed by atoms with Crippen molar-refractivity contribution in [1.29, 1.82) is 5.26 Å². The molecule has 3 rings (SSSR count). The Kier molecular flexibility index (Phi) is 7.03. The lowest BCUT2D eigenvalue weighted by atomic mass is 10.0. The fourth-order valence-electron chi connectivity index (χ4n) is 2.41. The molecule has 0 spiro atoms. The maximum absolute atomic E-state index is 10.6. The Labute approximate surface area is 170 Å². The minimum Gasteiger partial charge on any atom is -0.478 e. The van der Waals surface area contributed by atoms with E-state index in [4.69, 9.17) is 20.6 Å². The number of hydrogen-bond acceptors (Lipinski definition) is 5. The maximum atomic E-state index is 10.6. The molecule has 0 aliphatic rings. The Hall–Kier alpha value is -4.45. The highest BCUT2D eigenvalue weighted by atomic mass is 16.4. The number of nitriles is 1. The maximum Gasteiger partial charge on any atom is 0.336 e. The van der Waals surface area contributed by atoms with Crippen molar-refractivity contribution in [3.8, 4) is 17.5 Å². The van der Waals surface area contributed by atoms with Gasteiger partial charge < -0.3 is 20.3 Å². The van der Waals surface area contributed by atoms with Crippen LogP contribution in [0.4, 0.5) is 0 Å². The quantitative estimate of drug-likeness (QED) is 0.499. The summed E-state index contributed by atoms with van der Waals surface area (Å²) in [5, 5.41) is 34.6. The average Bonchev–Trinajstić information content (AvgIpc) is 3.24. The van der Waals surface area contributed by atoms with E-state index < -0.39 is 29.0 Å². The summed E-state index contributed by atoms with van der Waals surface area (Å²) >= 11 is 0. The van der Waals surface area contributed by atoms with Gasteiger partial charge in [0.05, 0.1) is 34.4 Å². The summed E-state index contributed by atoms with van der Waals surface area (Å²) in [4.78, 5) is 39.2. The molecule has 0 aliphatic carbocycles. The largest absolute Gasteiger partial charge is 0.478 e. The Morgan fingerprint density at radius 1 is 0.967 bits per heavy atom. The van der Waals surface area contributed by atoms with Crippen molar-refractivity contribution in [3.05, 3.63) is 77.1 Å². The lowest BCUT2D eigenvalue weighted by molar-refractivity contribution is 0.0649. The van der Waals surface area contributed by atoms with Gasteiger partial charge in [-0.1, -0.05) is 30.3 Å². The Bertz CT molecular complexity index is 1120. The molecule has 0 radical (unpaired) electrons. The molecule has 1 aromatic heterocycles. The van der Waals surface area contributed by atoms with Crippen molar-refractivity contribution < 1.29 is 29.7 Å². The number of carboxylic acid groups (broad SMARTS) is 3. The van der Waals surface area contributed by atoms with Crippen molar-refractivity contribution >= 4 is 17.9 Å². The first-order valence-corrected chi connectivity index (χ1v) is 8.58. The summed E-state index contributed by atoms with van der Waals surface area (Å²) in [6.45, 7) is 1.85. The van der Waals surface area contributed by atoms with Crippen LogP contribution in [0.2, 0.25) is 0 Å². The van der Waals surface area contributed by atoms with Crippen molar-refractivity contribution in [2.24, 2.45) is 0 Å². The average molecular weight is 407 g/mol. The molecule has 3 aromatic rings. The molecular formula is C21H17N3O6. The lowest BCUT2D eigenvalue weighted by Crippen LogP contribution is -2.10. The zero-order chi connectivity index (χ0) is 22.3. The van der Waals surface area contributed by atoms with E-state index in [1.165, 1.54) is 0 Å². The minimum absolute atomic E-state index is 0.144.